The van der Waals surface area contributed by atoms with Crippen molar-refractivity contribution in [1.29, 1.82) is 0 Å². The maximum Gasteiger partial charge on any atom is 0.338 e. The Morgan fingerprint density at radius 2 is 1.54 bits per heavy atom. The van der Waals surface area contributed by atoms with E-state index in [9.17, 15) is 18.4 Å². The van der Waals surface area contributed by atoms with Crippen molar-refractivity contribution in [3.05, 3.63) is 59.7 Å². The molecule has 0 spiro atoms. The molecule has 0 aliphatic heterocycles. The van der Waals surface area contributed by atoms with Crippen LogP contribution in [0.4, 0.5) is 14.5 Å². The van der Waals surface area contributed by atoms with Crippen LogP contribution in [0.15, 0.2) is 42.5 Å². The van der Waals surface area contributed by atoms with Crippen LogP contribution in [0, 0.1) is 11.6 Å². The first-order valence-electron chi connectivity index (χ1n) is 8.00. The summed E-state index contributed by atoms with van der Waals surface area (Å²) >= 11 is 0. The fraction of sp³-hybridized carbons (Fsp3) is 0.263. The van der Waals surface area contributed by atoms with Gasteiger partial charge in [0.2, 0.25) is 0 Å². The molecule has 0 unspecified atom stereocenters. The van der Waals surface area contributed by atoms with Crippen molar-refractivity contribution >= 4 is 17.6 Å². The van der Waals surface area contributed by atoms with E-state index in [1.807, 2.05) is 13.8 Å². The zero-order valence-electron chi connectivity index (χ0n) is 14.6. The molecule has 26 heavy (non-hydrogen) atoms. The summed E-state index contributed by atoms with van der Waals surface area (Å²) in [6.07, 6.45) is -1.25. The van der Waals surface area contributed by atoms with Crippen molar-refractivity contribution in [2.75, 3.05) is 5.32 Å². The lowest BCUT2D eigenvalue weighted by atomic mass is 10.2. The summed E-state index contributed by atoms with van der Waals surface area (Å²) in [6.45, 7) is 5.06. The van der Waals surface area contributed by atoms with Crippen LogP contribution < -0.4 is 10.1 Å². The van der Waals surface area contributed by atoms with Crippen molar-refractivity contribution < 1.29 is 27.8 Å². The van der Waals surface area contributed by atoms with E-state index in [0.29, 0.717) is 5.75 Å². The summed E-state index contributed by atoms with van der Waals surface area (Å²) in [4.78, 5) is 24.1. The normalized spacial score (nSPS) is 11.8. The van der Waals surface area contributed by atoms with E-state index in [1.54, 1.807) is 12.1 Å². The molecule has 1 N–H and O–H groups in total. The van der Waals surface area contributed by atoms with Crippen LogP contribution in [-0.4, -0.2) is 24.1 Å². The van der Waals surface area contributed by atoms with Crippen molar-refractivity contribution in [1.82, 2.24) is 0 Å². The van der Waals surface area contributed by atoms with Gasteiger partial charge in [0.1, 0.15) is 23.1 Å². The Kier molecular flexibility index (Phi) is 6.27. The summed E-state index contributed by atoms with van der Waals surface area (Å²) in [6, 6.07) is 9.41. The van der Waals surface area contributed by atoms with E-state index >= 15 is 0 Å². The number of carbonyl (C=O) groups is 2. The summed E-state index contributed by atoms with van der Waals surface area (Å²) < 4.78 is 37.6. The molecule has 0 heterocycles. The summed E-state index contributed by atoms with van der Waals surface area (Å²) in [5.74, 6) is -2.83. The Bertz CT molecular complexity index is 770. The highest BCUT2D eigenvalue weighted by atomic mass is 19.1. The highest BCUT2D eigenvalue weighted by Crippen LogP contribution is 2.19. The molecule has 0 fully saturated rings. The van der Waals surface area contributed by atoms with Crippen LogP contribution in [0.1, 0.15) is 31.1 Å². The summed E-state index contributed by atoms with van der Waals surface area (Å²) in [5, 5.41) is 2.08. The topological polar surface area (TPSA) is 64.6 Å². The average molecular weight is 363 g/mol. The minimum atomic E-state index is -1.24. The van der Waals surface area contributed by atoms with E-state index in [2.05, 4.69) is 5.32 Å². The van der Waals surface area contributed by atoms with Crippen LogP contribution in [0.3, 0.4) is 0 Å². The second-order valence-electron chi connectivity index (χ2n) is 5.82. The first-order valence-corrected chi connectivity index (χ1v) is 8.00. The molecule has 1 atom stereocenters. The molecule has 0 saturated carbocycles. The van der Waals surface area contributed by atoms with Crippen molar-refractivity contribution in [3.8, 4) is 5.75 Å². The molecular formula is C19H19F2NO4. The largest absolute Gasteiger partial charge is 0.491 e. The Labute approximate surface area is 149 Å². The SMILES string of the molecule is CC(C)Oc1ccc(C(=O)O[C@H](C)C(=O)Nc2c(F)cccc2F)cc1. The highest BCUT2D eigenvalue weighted by Gasteiger charge is 2.21. The van der Waals surface area contributed by atoms with Gasteiger partial charge in [0, 0.05) is 0 Å². The number of hydrogen-bond donors (Lipinski definition) is 1. The molecule has 5 nitrogen and oxygen atoms in total. The number of anilines is 1. The van der Waals surface area contributed by atoms with E-state index in [1.165, 1.54) is 25.1 Å². The molecule has 2 rings (SSSR count). The molecule has 2 aromatic carbocycles. The third-order valence-corrected chi connectivity index (χ3v) is 3.33. The number of esters is 1. The fourth-order valence-electron chi connectivity index (χ4n) is 2.07. The van der Waals surface area contributed by atoms with Gasteiger partial charge in [0.15, 0.2) is 6.10 Å². The maximum atomic E-state index is 13.6. The van der Waals surface area contributed by atoms with E-state index in [0.717, 1.165) is 12.1 Å². The lowest BCUT2D eigenvalue weighted by molar-refractivity contribution is -0.123. The number of benzene rings is 2. The minimum Gasteiger partial charge on any atom is -0.491 e. The highest BCUT2D eigenvalue weighted by molar-refractivity contribution is 5.97. The third-order valence-electron chi connectivity index (χ3n) is 3.33. The zero-order chi connectivity index (χ0) is 19.3. The Hall–Kier alpha value is -2.96. The average Bonchev–Trinajstić information content (AvgIpc) is 2.58. The summed E-state index contributed by atoms with van der Waals surface area (Å²) in [5.41, 5.74) is -0.367. The van der Waals surface area contributed by atoms with E-state index in [4.69, 9.17) is 9.47 Å². The summed E-state index contributed by atoms with van der Waals surface area (Å²) in [7, 11) is 0. The monoisotopic (exact) mass is 363 g/mol. The van der Waals surface area contributed by atoms with Crippen molar-refractivity contribution in [2.45, 2.75) is 33.0 Å². The van der Waals surface area contributed by atoms with Crippen LogP contribution in [0.5, 0.6) is 5.75 Å². The number of rotatable bonds is 6. The number of hydrogen-bond acceptors (Lipinski definition) is 4. The van der Waals surface area contributed by atoms with Crippen LogP contribution in [0.2, 0.25) is 0 Å². The maximum absolute atomic E-state index is 13.6. The molecule has 0 aliphatic rings. The van der Waals surface area contributed by atoms with Gasteiger partial charge in [0.05, 0.1) is 11.7 Å². The van der Waals surface area contributed by atoms with Gasteiger partial charge in [-0.2, -0.15) is 0 Å². The second-order valence-corrected chi connectivity index (χ2v) is 5.82. The van der Waals surface area contributed by atoms with Crippen LogP contribution in [-0.2, 0) is 9.53 Å². The van der Waals surface area contributed by atoms with E-state index < -0.39 is 35.3 Å². The third kappa shape index (κ3) is 5.02. The van der Waals surface area contributed by atoms with Gasteiger partial charge < -0.3 is 14.8 Å². The zero-order valence-corrected chi connectivity index (χ0v) is 14.6. The molecule has 0 saturated heterocycles. The predicted molar refractivity (Wildman–Crippen MR) is 92.1 cm³/mol. The van der Waals surface area contributed by atoms with Crippen molar-refractivity contribution in [3.63, 3.8) is 0 Å². The van der Waals surface area contributed by atoms with Gasteiger partial charge in [-0.3, -0.25) is 4.79 Å². The lowest BCUT2D eigenvalue weighted by Gasteiger charge is -2.14. The van der Waals surface area contributed by atoms with E-state index in [-0.39, 0.29) is 11.7 Å². The smallest absolute Gasteiger partial charge is 0.338 e. The van der Waals surface area contributed by atoms with Gasteiger partial charge in [-0.25, -0.2) is 13.6 Å². The molecule has 2 aromatic rings. The molecule has 138 valence electrons. The number of para-hydroxylation sites is 1. The quantitative estimate of drug-likeness (QED) is 0.790. The first kappa shape index (κ1) is 19.4. The van der Waals surface area contributed by atoms with Crippen LogP contribution in [0.25, 0.3) is 0 Å². The van der Waals surface area contributed by atoms with Gasteiger partial charge in [-0.1, -0.05) is 6.07 Å². The molecule has 0 bridgehead atoms. The molecule has 1 amide bonds. The Morgan fingerprint density at radius 3 is 2.08 bits per heavy atom. The number of carbonyl (C=O) groups excluding carboxylic acids is 2. The fourth-order valence-corrected chi connectivity index (χ4v) is 2.07. The number of halogens is 2. The number of ether oxygens (including phenoxy) is 2. The van der Waals surface area contributed by atoms with Gasteiger partial charge in [0.25, 0.3) is 5.91 Å². The lowest BCUT2D eigenvalue weighted by Crippen LogP contribution is -2.30. The Morgan fingerprint density at radius 1 is 0.962 bits per heavy atom. The number of nitrogens with one attached hydrogen (secondary N) is 1. The predicted octanol–water partition coefficient (Wildman–Crippen LogP) is 3.94. The van der Waals surface area contributed by atoms with Crippen LogP contribution >= 0.6 is 0 Å². The molecule has 0 aliphatic carbocycles. The second kappa shape index (κ2) is 8.42. The van der Waals surface area contributed by atoms with Crippen molar-refractivity contribution in [2.24, 2.45) is 0 Å². The van der Waals surface area contributed by atoms with Gasteiger partial charge in [-0.05, 0) is 57.2 Å². The molecular weight excluding hydrogens is 344 g/mol. The minimum absolute atomic E-state index is 0.00435. The Balaban J connectivity index is 1.98. The molecule has 0 radical (unpaired) electrons. The number of amides is 1. The standard InChI is InChI=1S/C19H19F2NO4/c1-11(2)25-14-9-7-13(8-10-14)19(24)26-12(3)18(23)22-17-15(20)5-4-6-16(17)21/h4-12H,1-3H3,(H,22,23)/t12-/m1/s1. The molecule has 7 heteroatoms. The van der Waals surface area contributed by atoms with Gasteiger partial charge >= 0.3 is 5.97 Å². The van der Waals surface area contributed by atoms with Gasteiger partial charge in [-0.15, -0.1) is 0 Å². The molecule has 0 aromatic heterocycles. The first-order chi connectivity index (χ1) is 12.3.